The second kappa shape index (κ2) is 4.39. The first-order chi connectivity index (χ1) is 6.22. The fraction of sp³-hybridized carbons (Fsp3) is 0.125. The smallest absolute Gasteiger partial charge is 0.387 e. The molecule has 0 bridgehead atoms. The number of ether oxygens (including phenoxy) is 1. The standard InChI is InChI=1S/C8H8F2N2O/c9-8(10)13-7-3-1-6(2-4-7)5-12-11/h1-5,8H,11H2. The van der Waals surface area contributed by atoms with E-state index in [4.69, 9.17) is 5.84 Å². The lowest BCUT2D eigenvalue weighted by molar-refractivity contribution is -0.0498. The number of nitrogens with zero attached hydrogens (tertiary/aromatic N) is 1. The van der Waals surface area contributed by atoms with Gasteiger partial charge in [0.2, 0.25) is 0 Å². The fourth-order valence-electron chi connectivity index (χ4n) is 0.821. The Labute approximate surface area is 73.8 Å². The van der Waals surface area contributed by atoms with Crippen LogP contribution in [0.1, 0.15) is 5.56 Å². The molecule has 70 valence electrons. The van der Waals surface area contributed by atoms with Crippen molar-refractivity contribution < 1.29 is 13.5 Å². The van der Waals surface area contributed by atoms with Crippen LogP contribution in [-0.4, -0.2) is 12.8 Å². The summed E-state index contributed by atoms with van der Waals surface area (Å²) in [5, 5.41) is 3.28. The minimum absolute atomic E-state index is 0.115. The van der Waals surface area contributed by atoms with Gasteiger partial charge in [-0.2, -0.15) is 13.9 Å². The number of hydrogen-bond donors (Lipinski definition) is 1. The second-order valence-electron chi connectivity index (χ2n) is 2.23. The molecule has 1 rings (SSSR count). The number of hydrazone groups is 1. The van der Waals surface area contributed by atoms with Crippen molar-refractivity contribution in [2.45, 2.75) is 6.61 Å². The van der Waals surface area contributed by atoms with Crippen molar-refractivity contribution in [1.29, 1.82) is 0 Å². The topological polar surface area (TPSA) is 47.6 Å². The van der Waals surface area contributed by atoms with E-state index in [1.165, 1.54) is 18.3 Å². The normalized spacial score (nSPS) is 11.0. The van der Waals surface area contributed by atoms with Crippen molar-refractivity contribution in [2.75, 3.05) is 0 Å². The van der Waals surface area contributed by atoms with Crippen molar-refractivity contribution in [3.63, 3.8) is 0 Å². The molecule has 0 amide bonds. The Balaban J connectivity index is 2.69. The van der Waals surface area contributed by atoms with Crippen LogP contribution in [-0.2, 0) is 0 Å². The molecule has 1 aromatic rings. The molecule has 0 radical (unpaired) electrons. The number of nitrogens with two attached hydrogens (primary N) is 1. The zero-order valence-corrected chi connectivity index (χ0v) is 6.65. The minimum Gasteiger partial charge on any atom is -0.435 e. The molecule has 0 heterocycles. The molecule has 0 fully saturated rings. The van der Waals surface area contributed by atoms with Crippen LogP contribution in [0, 0.1) is 0 Å². The van der Waals surface area contributed by atoms with Crippen LogP contribution in [0.5, 0.6) is 5.75 Å². The molecule has 2 N–H and O–H groups in total. The van der Waals surface area contributed by atoms with E-state index in [-0.39, 0.29) is 5.75 Å². The van der Waals surface area contributed by atoms with Gasteiger partial charge in [-0.3, -0.25) is 0 Å². The fourth-order valence-corrected chi connectivity index (χ4v) is 0.821. The molecule has 0 spiro atoms. The highest BCUT2D eigenvalue weighted by atomic mass is 19.3. The SMILES string of the molecule is NN=Cc1ccc(OC(F)F)cc1. The van der Waals surface area contributed by atoms with E-state index in [1.54, 1.807) is 12.1 Å². The number of hydrogen-bond acceptors (Lipinski definition) is 3. The molecular formula is C8H8F2N2O. The monoisotopic (exact) mass is 186 g/mol. The largest absolute Gasteiger partial charge is 0.435 e. The van der Waals surface area contributed by atoms with Gasteiger partial charge in [-0.15, -0.1) is 0 Å². The quantitative estimate of drug-likeness (QED) is 0.442. The number of rotatable bonds is 3. The highest BCUT2D eigenvalue weighted by Gasteiger charge is 2.02. The Bertz CT molecular complexity index is 285. The first-order valence-corrected chi connectivity index (χ1v) is 3.50. The number of alkyl halides is 2. The maximum Gasteiger partial charge on any atom is 0.387 e. The van der Waals surface area contributed by atoms with Gasteiger partial charge < -0.3 is 10.6 Å². The predicted octanol–water partition coefficient (Wildman–Crippen LogP) is 1.58. The van der Waals surface area contributed by atoms with E-state index < -0.39 is 6.61 Å². The van der Waals surface area contributed by atoms with Gasteiger partial charge in [-0.05, 0) is 29.8 Å². The van der Waals surface area contributed by atoms with Crippen LogP contribution in [0.15, 0.2) is 29.4 Å². The zero-order valence-electron chi connectivity index (χ0n) is 6.65. The Morgan fingerprint density at radius 2 is 1.92 bits per heavy atom. The Morgan fingerprint density at radius 3 is 2.38 bits per heavy atom. The van der Waals surface area contributed by atoms with Crippen LogP contribution < -0.4 is 10.6 Å². The summed E-state index contributed by atoms with van der Waals surface area (Å²) in [6.07, 6.45) is 1.41. The first-order valence-electron chi connectivity index (χ1n) is 3.50. The summed E-state index contributed by atoms with van der Waals surface area (Å²) in [6.45, 7) is -2.80. The van der Waals surface area contributed by atoms with Gasteiger partial charge in [0.15, 0.2) is 0 Å². The average molecular weight is 186 g/mol. The van der Waals surface area contributed by atoms with E-state index >= 15 is 0 Å². The van der Waals surface area contributed by atoms with E-state index in [0.29, 0.717) is 0 Å². The van der Waals surface area contributed by atoms with Crippen LogP contribution in [0.2, 0.25) is 0 Å². The summed E-state index contributed by atoms with van der Waals surface area (Å²) in [5.74, 6) is 5.01. The average Bonchev–Trinajstić information content (AvgIpc) is 2.08. The molecule has 0 aliphatic heterocycles. The van der Waals surface area contributed by atoms with Gasteiger partial charge in [0.05, 0.1) is 6.21 Å². The van der Waals surface area contributed by atoms with Crippen molar-refractivity contribution in [1.82, 2.24) is 0 Å². The molecule has 0 aliphatic carbocycles. The molecule has 1 aromatic carbocycles. The van der Waals surface area contributed by atoms with Gasteiger partial charge in [0, 0.05) is 0 Å². The van der Waals surface area contributed by atoms with Gasteiger partial charge in [-0.25, -0.2) is 0 Å². The summed E-state index contributed by atoms with van der Waals surface area (Å²) in [7, 11) is 0. The minimum atomic E-state index is -2.80. The second-order valence-corrected chi connectivity index (χ2v) is 2.23. The Hall–Kier alpha value is -1.65. The molecule has 0 aromatic heterocycles. The van der Waals surface area contributed by atoms with Crippen molar-refractivity contribution in [3.8, 4) is 5.75 Å². The van der Waals surface area contributed by atoms with Crippen LogP contribution >= 0.6 is 0 Å². The van der Waals surface area contributed by atoms with Gasteiger partial charge >= 0.3 is 6.61 Å². The maximum atomic E-state index is 11.7. The zero-order chi connectivity index (χ0) is 9.68. The Morgan fingerprint density at radius 1 is 1.31 bits per heavy atom. The first kappa shape index (κ1) is 9.44. The van der Waals surface area contributed by atoms with E-state index in [9.17, 15) is 8.78 Å². The van der Waals surface area contributed by atoms with Gasteiger partial charge in [0.25, 0.3) is 0 Å². The van der Waals surface area contributed by atoms with Crippen molar-refractivity contribution >= 4 is 6.21 Å². The molecule has 3 nitrogen and oxygen atoms in total. The molecule has 0 saturated heterocycles. The van der Waals surface area contributed by atoms with Gasteiger partial charge in [0.1, 0.15) is 5.75 Å². The summed E-state index contributed by atoms with van der Waals surface area (Å²) in [6, 6.07) is 5.99. The third kappa shape index (κ3) is 3.06. The third-order valence-electron chi connectivity index (χ3n) is 1.33. The Kier molecular flexibility index (Phi) is 3.19. The molecular weight excluding hydrogens is 178 g/mol. The molecule has 0 saturated carbocycles. The van der Waals surface area contributed by atoms with E-state index in [2.05, 4.69) is 9.84 Å². The highest BCUT2D eigenvalue weighted by molar-refractivity contribution is 5.79. The summed E-state index contributed by atoms with van der Waals surface area (Å²) in [4.78, 5) is 0. The number of halogens is 2. The van der Waals surface area contributed by atoms with E-state index in [0.717, 1.165) is 5.56 Å². The summed E-state index contributed by atoms with van der Waals surface area (Å²) in [5.41, 5.74) is 0.726. The van der Waals surface area contributed by atoms with Crippen LogP contribution in [0.3, 0.4) is 0 Å². The third-order valence-corrected chi connectivity index (χ3v) is 1.33. The lowest BCUT2D eigenvalue weighted by atomic mass is 10.2. The van der Waals surface area contributed by atoms with Crippen LogP contribution in [0.25, 0.3) is 0 Å². The van der Waals surface area contributed by atoms with Crippen molar-refractivity contribution in [2.24, 2.45) is 10.9 Å². The lowest BCUT2D eigenvalue weighted by Gasteiger charge is -2.03. The molecule has 0 aliphatic rings. The summed E-state index contributed by atoms with van der Waals surface area (Å²) >= 11 is 0. The van der Waals surface area contributed by atoms with Crippen LogP contribution in [0.4, 0.5) is 8.78 Å². The highest BCUT2D eigenvalue weighted by Crippen LogP contribution is 2.13. The molecule has 0 unspecified atom stereocenters. The van der Waals surface area contributed by atoms with Gasteiger partial charge in [-0.1, -0.05) is 0 Å². The molecule has 0 atom stereocenters. The lowest BCUT2D eigenvalue weighted by Crippen LogP contribution is -2.01. The number of benzene rings is 1. The van der Waals surface area contributed by atoms with E-state index in [1.807, 2.05) is 0 Å². The van der Waals surface area contributed by atoms with Crippen molar-refractivity contribution in [3.05, 3.63) is 29.8 Å². The summed E-state index contributed by atoms with van der Waals surface area (Å²) < 4.78 is 27.5. The molecule has 5 heteroatoms. The molecule has 13 heavy (non-hydrogen) atoms. The maximum absolute atomic E-state index is 11.7. The predicted molar refractivity (Wildman–Crippen MR) is 44.9 cm³/mol.